The Morgan fingerprint density at radius 2 is 1.86 bits per heavy atom. The van der Waals surface area contributed by atoms with Gasteiger partial charge in [0.2, 0.25) is 5.91 Å². The van der Waals surface area contributed by atoms with Gasteiger partial charge in [0, 0.05) is 34.9 Å². The maximum Gasteiger partial charge on any atom is 0.573 e. The highest BCUT2D eigenvalue weighted by Crippen LogP contribution is 2.40. The monoisotopic (exact) mass is 506 g/mol. The number of alkyl halides is 3. The molecule has 0 aliphatic carbocycles. The van der Waals surface area contributed by atoms with Crippen molar-refractivity contribution in [1.82, 2.24) is 15.1 Å². The Balaban J connectivity index is 1.56. The second-order valence-corrected chi connectivity index (χ2v) is 9.95. The van der Waals surface area contributed by atoms with Crippen molar-refractivity contribution in [2.75, 3.05) is 5.32 Å². The number of nitrogens with zero attached hydrogens (tertiary/aromatic N) is 2. The molecular formula is C25H26ClF3N4O2. The van der Waals surface area contributed by atoms with Crippen molar-refractivity contribution in [3.8, 4) is 5.75 Å². The molecule has 1 saturated heterocycles. The minimum Gasteiger partial charge on any atom is -0.406 e. The molecule has 1 aliphatic rings. The first kappa shape index (κ1) is 25.1. The summed E-state index contributed by atoms with van der Waals surface area (Å²) in [5, 5.41) is 11.5. The zero-order valence-corrected chi connectivity index (χ0v) is 20.2. The van der Waals surface area contributed by atoms with Crippen LogP contribution in [0.3, 0.4) is 0 Å². The first-order chi connectivity index (χ1) is 16.4. The first-order valence-electron chi connectivity index (χ1n) is 11.1. The molecule has 1 aromatic heterocycles. The molecule has 4 rings (SSSR count). The lowest BCUT2D eigenvalue weighted by molar-refractivity contribution is -0.274. The van der Waals surface area contributed by atoms with Gasteiger partial charge in [-0.05, 0) is 63.1 Å². The van der Waals surface area contributed by atoms with Crippen molar-refractivity contribution in [2.24, 2.45) is 0 Å². The highest BCUT2D eigenvalue weighted by Gasteiger charge is 2.40. The minimum atomic E-state index is -4.81. The maximum atomic E-state index is 13.1. The number of amides is 1. The molecule has 1 amide bonds. The molecule has 2 heterocycles. The van der Waals surface area contributed by atoms with E-state index in [1.165, 1.54) is 18.2 Å². The van der Waals surface area contributed by atoms with Gasteiger partial charge >= 0.3 is 6.36 Å². The molecule has 6 nitrogen and oxygen atoms in total. The average molecular weight is 507 g/mol. The zero-order chi connectivity index (χ0) is 25.4. The van der Waals surface area contributed by atoms with Crippen LogP contribution in [0.25, 0.3) is 0 Å². The lowest BCUT2D eigenvalue weighted by atomic mass is 9.90. The van der Waals surface area contributed by atoms with Crippen LogP contribution in [0.2, 0.25) is 5.02 Å². The number of halogens is 4. The van der Waals surface area contributed by atoms with Gasteiger partial charge in [0.05, 0.1) is 17.3 Å². The predicted molar refractivity (Wildman–Crippen MR) is 127 cm³/mol. The molecule has 10 heteroatoms. The Bertz CT molecular complexity index is 1190. The number of nitrogens with one attached hydrogen (secondary N) is 2. The molecule has 0 unspecified atom stereocenters. The highest BCUT2D eigenvalue weighted by molar-refractivity contribution is 6.30. The van der Waals surface area contributed by atoms with E-state index in [-0.39, 0.29) is 29.1 Å². The molecule has 0 radical (unpaired) electrons. The summed E-state index contributed by atoms with van der Waals surface area (Å²) >= 11 is 6.07. The normalized spacial score (nSPS) is 20.6. The Kier molecular flexibility index (Phi) is 6.83. The van der Waals surface area contributed by atoms with E-state index in [0.717, 1.165) is 17.3 Å². The molecule has 3 aromatic rings. The van der Waals surface area contributed by atoms with Crippen molar-refractivity contribution in [2.45, 2.75) is 57.1 Å². The fraction of sp³-hybridized carbons (Fsp3) is 0.360. The summed E-state index contributed by atoms with van der Waals surface area (Å²) < 4.78 is 43.5. The molecule has 3 atom stereocenters. The van der Waals surface area contributed by atoms with Crippen LogP contribution in [-0.4, -0.2) is 28.1 Å². The van der Waals surface area contributed by atoms with Crippen molar-refractivity contribution in [3.05, 3.63) is 77.1 Å². The van der Waals surface area contributed by atoms with Crippen LogP contribution >= 0.6 is 11.6 Å². The van der Waals surface area contributed by atoms with E-state index in [1.807, 2.05) is 29.1 Å². The van der Waals surface area contributed by atoms with E-state index in [4.69, 9.17) is 16.7 Å². The number of carbonyl (C=O) groups excluding carboxylic acids is 1. The van der Waals surface area contributed by atoms with Crippen LogP contribution in [0.4, 0.5) is 18.9 Å². The van der Waals surface area contributed by atoms with E-state index in [9.17, 15) is 18.0 Å². The van der Waals surface area contributed by atoms with E-state index in [0.29, 0.717) is 11.4 Å². The molecule has 35 heavy (non-hydrogen) atoms. The fourth-order valence-electron chi connectivity index (χ4n) is 4.17. The molecule has 0 spiro atoms. The van der Waals surface area contributed by atoms with Crippen LogP contribution in [0.5, 0.6) is 5.75 Å². The van der Waals surface area contributed by atoms with Gasteiger partial charge in [-0.1, -0.05) is 29.8 Å². The Labute approximate surface area is 206 Å². The van der Waals surface area contributed by atoms with E-state index in [1.54, 1.807) is 12.1 Å². The van der Waals surface area contributed by atoms with E-state index < -0.39 is 18.2 Å². The quantitative estimate of drug-likeness (QED) is 0.444. The summed E-state index contributed by atoms with van der Waals surface area (Å²) in [7, 11) is 0. The second kappa shape index (κ2) is 9.54. The molecule has 186 valence electrons. The van der Waals surface area contributed by atoms with Gasteiger partial charge in [-0.15, -0.1) is 13.2 Å². The first-order valence-corrected chi connectivity index (χ1v) is 11.5. The molecule has 2 aromatic carbocycles. The smallest absolute Gasteiger partial charge is 0.406 e. The molecule has 0 saturated carbocycles. The van der Waals surface area contributed by atoms with Crippen LogP contribution in [0.15, 0.2) is 60.8 Å². The van der Waals surface area contributed by atoms with Gasteiger partial charge in [-0.2, -0.15) is 5.10 Å². The third-order valence-corrected chi connectivity index (χ3v) is 6.08. The van der Waals surface area contributed by atoms with Crippen LogP contribution in [-0.2, 0) is 10.3 Å². The largest absolute Gasteiger partial charge is 0.573 e. The lowest BCUT2D eigenvalue weighted by Crippen LogP contribution is -2.36. The van der Waals surface area contributed by atoms with Crippen LogP contribution in [0.1, 0.15) is 50.4 Å². The molecule has 2 N–H and O–H groups in total. The summed E-state index contributed by atoms with van der Waals surface area (Å²) in [6.45, 7) is 6.17. The van der Waals surface area contributed by atoms with Crippen molar-refractivity contribution < 1.29 is 22.7 Å². The second-order valence-electron chi connectivity index (χ2n) is 9.51. The van der Waals surface area contributed by atoms with Crippen molar-refractivity contribution in [1.29, 1.82) is 0 Å². The summed E-state index contributed by atoms with van der Waals surface area (Å²) in [5.41, 5.74) is 1.83. The summed E-state index contributed by atoms with van der Waals surface area (Å²) in [5.74, 6) is -0.861. The number of carbonyl (C=O) groups is 1. The molecule has 0 bridgehead atoms. The number of rotatable bonds is 5. The average Bonchev–Trinajstić information content (AvgIpc) is 3.41. The number of hydrogen-bond donors (Lipinski definition) is 2. The van der Waals surface area contributed by atoms with Crippen LogP contribution < -0.4 is 15.4 Å². The molecular weight excluding hydrogens is 481 g/mol. The SMILES string of the molecule is CC(C)(C)n1ccc([C@@H]2C[C@@H](C(=O)Nc3cccc(OC(F)(F)F)c3)N[C@H]2c2ccc(Cl)cc2)n1. The van der Waals surface area contributed by atoms with Crippen molar-refractivity contribution in [3.63, 3.8) is 0 Å². The number of hydrogen-bond acceptors (Lipinski definition) is 4. The number of aromatic nitrogens is 2. The van der Waals surface area contributed by atoms with E-state index >= 15 is 0 Å². The zero-order valence-electron chi connectivity index (χ0n) is 19.4. The van der Waals surface area contributed by atoms with Gasteiger partial charge in [-0.25, -0.2) is 0 Å². The third kappa shape index (κ3) is 6.15. The number of benzene rings is 2. The molecule has 1 fully saturated rings. The van der Waals surface area contributed by atoms with Crippen LogP contribution in [0, 0.1) is 0 Å². The van der Waals surface area contributed by atoms with Gasteiger partial charge in [0.15, 0.2) is 0 Å². The van der Waals surface area contributed by atoms with Gasteiger partial charge in [-0.3, -0.25) is 14.8 Å². The highest BCUT2D eigenvalue weighted by atomic mass is 35.5. The predicted octanol–water partition coefficient (Wildman–Crippen LogP) is 6.02. The standard InChI is InChI=1S/C25H26ClF3N4O2/c1-24(2,3)33-12-11-20(32-33)19-14-21(31-22(19)15-7-9-16(26)10-8-15)23(34)30-17-5-4-6-18(13-17)35-25(27,28)29/h4-13,19,21-22,31H,14H2,1-3H3,(H,30,34)/t19-,21-,22-/m0/s1. The fourth-order valence-corrected chi connectivity index (χ4v) is 4.30. The summed E-state index contributed by atoms with van der Waals surface area (Å²) in [4.78, 5) is 13.1. The number of anilines is 1. The summed E-state index contributed by atoms with van der Waals surface area (Å²) in [6, 6.07) is 13.8. The topological polar surface area (TPSA) is 68.2 Å². The minimum absolute atomic E-state index is 0.101. The molecule has 1 aliphatic heterocycles. The maximum absolute atomic E-state index is 13.1. The van der Waals surface area contributed by atoms with Crippen molar-refractivity contribution >= 4 is 23.2 Å². The van der Waals surface area contributed by atoms with Gasteiger partial charge < -0.3 is 10.1 Å². The van der Waals surface area contributed by atoms with E-state index in [2.05, 4.69) is 36.1 Å². The Hall–Kier alpha value is -3.04. The summed E-state index contributed by atoms with van der Waals surface area (Å²) in [6.07, 6.45) is -2.43. The van der Waals surface area contributed by atoms with Gasteiger partial charge in [0.1, 0.15) is 5.75 Å². The third-order valence-electron chi connectivity index (χ3n) is 5.83. The Morgan fingerprint density at radius 3 is 2.49 bits per heavy atom. The number of ether oxygens (including phenoxy) is 1. The Morgan fingerprint density at radius 1 is 1.14 bits per heavy atom. The van der Waals surface area contributed by atoms with Gasteiger partial charge in [0.25, 0.3) is 0 Å². The lowest BCUT2D eigenvalue weighted by Gasteiger charge is -2.21.